The zero-order valence-corrected chi connectivity index (χ0v) is 55.5. The highest BCUT2D eigenvalue weighted by Crippen LogP contribution is 2.19. The minimum Gasteiger partial charge on any atom is -0.466 e. The van der Waals surface area contributed by atoms with E-state index >= 15 is 0 Å². The molecule has 0 saturated heterocycles. The number of allylic oxidation sites excluding steroid dienone is 5. The average molecular weight is 1150 g/mol. The van der Waals surface area contributed by atoms with Crippen LogP contribution in [0.2, 0.25) is 0 Å². The van der Waals surface area contributed by atoms with E-state index < -0.39 is 12.1 Å². The van der Waals surface area contributed by atoms with Crippen molar-refractivity contribution in [1.29, 1.82) is 0 Å². The van der Waals surface area contributed by atoms with Crippen LogP contribution in [0.1, 0.15) is 412 Å². The lowest BCUT2D eigenvalue weighted by Crippen LogP contribution is -2.45. The Morgan fingerprint density at radius 3 is 0.927 bits per heavy atom. The molecule has 2 unspecified atom stereocenters. The largest absolute Gasteiger partial charge is 0.466 e. The SMILES string of the molecule is CCCCCCCCCCCCC/C=C/C(O)C(CO)NC(=O)CCCCCCCCCCCCCCCCCCC/C=C\C/C=C\CCCCCCCCCCCCCOC(=O)CCCCCCCCCCCCCCCCCCC. The molecule has 0 aromatic heterocycles. The first-order valence-corrected chi connectivity index (χ1v) is 37.3. The third kappa shape index (κ3) is 67.2. The van der Waals surface area contributed by atoms with Gasteiger partial charge in [0.1, 0.15) is 0 Å². The van der Waals surface area contributed by atoms with E-state index in [4.69, 9.17) is 4.74 Å². The minimum atomic E-state index is -0.842. The molecule has 0 bridgehead atoms. The second-order valence-corrected chi connectivity index (χ2v) is 25.6. The smallest absolute Gasteiger partial charge is 0.305 e. The molecule has 6 heteroatoms. The number of unbranched alkanes of at least 4 members (excludes halogenated alkanes) is 55. The topological polar surface area (TPSA) is 95.9 Å². The Labute approximate surface area is 513 Å². The van der Waals surface area contributed by atoms with E-state index in [2.05, 4.69) is 43.5 Å². The molecule has 1 amide bonds. The number of carbonyl (C=O) groups is 2. The number of amides is 1. The predicted molar refractivity (Wildman–Crippen MR) is 361 cm³/mol. The van der Waals surface area contributed by atoms with Crippen LogP contribution >= 0.6 is 0 Å². The molecule has 3 N–H and O–H groups in total. The maximum atomic E-state index is 12.5. The van der Waals surface area contributed by atoms with Gasteiger partial charge in [0.15, 0.2) is 0 Å². The predicted octanol–water partition coefficient (Wildman–Crippen LogP) is 24.3. The first kappa shape index (κ1) is 80.1. The van der Waals surface area contributed by atoms with E-state index in [1.54, 1.807) is 6.08 Å². The van der Waals surface area contributed by atoms with E-state index in [1.165, 1.54) is 340 Å². The molecular formula is C76H145NO5. The fourth-order valence-corrected chi connectivity index (χ4v) is 11.7. The van der Waals surface area contributed by atoms with Crippen molar-refractivity contribution in [2.45, 2.75) is 424 Å². The van der Waals surface area contributed by atoms with Crippen molar-refractivity contribution >= 4 is 11.9 Å². The van der Waals surface area contributed by atoms with Crippen LogP contribution in [0.25, 0.3) is 0 Å². The summed E-state index contributed by atoms with van der Waals surface area (Å²) in [5.74, 6) is -0.0432. The number of esters is 1. The number of aliphatic hydroxyl groups is 2. The van der Waals surface area contributed by atoms with Crippen LogP contribution in [-0.2, 0) is 14.3 Å². The molecule has 0 aromatic rings. The normalized spacial score (nSPS) is 12.7. The summed E-state index contributed by atoms with van der Waals surface area (Å²) in [7, 11) is 0. The van der Waals surface area contributed by atoms with Crippen LogP contribution < -0.4 is 5.32 Å². The number of hydrogen-bond donors (Lipinski definition) is 3. The summed E-state index contributed by atoms with van der Waals surface area (Å²) in [4.78, 5) is 24.6. The molecule has 82 heavy (non-hydrogen) atoms. The molecule has 0 aliphatic carbocycles. The van der Waals surface area contributed by atoms with E-state index in [0.717, 1.165) is 44.9 Å². The van der Waals surface area contributed by atoms with Gasteiger partial charge in [0.25, 0.3) is 0 Å². The van der Waals surface area contributed by atoms with Gasteiger partial charge in [-0.25, -0.2) is 0 Å². The second-order valence-electron chi connectivity index (χ2n) is 25.6. The zero-order valence-electron chi connectivity index (χ0n) is 55.5. The number of ether oxygens (including phenoxy) is 1. The monoisotopic (exact) mass is 1150 g/mol. The van der Waals surface area contributed by atoms with E-state index in [1.807, 2.05) is 6.08 Å². The lowest BCUT2D eigenvalue weighted by atomic mass is 10.0. The molecule has 484 valence electrons. The fraction of sp³-hybridized carbons (Fsp3) is 0.895. The zero-order chi connectivity index (χ0) is 59.2. The fourth-order valence-electron chi connectivity index (χ4n) is 11.7. The van der Waals surface area contributed by atoms with Crippen molar-refractivity contribution in [1.82, 2.24) is 5.32 Å². The number of nitrogens with one attached hydrogen (secondary N) is 1. The molecule has 0 aliphatic heterocycles. The molecule has 0 radical (unpaired) electrons. The van der Waals surface area contributed by atoms with Crippen molar-refractivity contribution in [3.8, 4) is 0 Å². The van der Waals surface area contributed by atoms with Crippen LogP contribution in [0, 0.1) is 0 Å². The van der Waals surface area contributed by atoms with Gasteiger partial charge in [-0.3, -0.25) is 9.59 Å². The maximum absolute atomic E-state index is 12.5. The Kier molecular flexibility index (Phi) is 69.9. The van der Waals surface area contributed by atoms with E-state index in [0.29, 0.717) is 19.4 Å². The number of carbonyl (C=O) groups excluding carboxylic acids is 2. The molecule has 0 spiro atoms. The highest BCUT2D eigenvalue weighted by atomic mass is 16.5. The molecule has 0 heterocycles. The molecule has 0 saturated carbocycles. The lowest BCUT2D eigenvalue weighted by Gasteiger charge is -2.20. The van der Waals surface area contributed by atoms with Gasteiger partial charge in [0, 0.05) is 12.8 Å². The minimum absolute atomic E-state index is 0.0210. The van der Waals surface area contributed by atoms with Crippen molar-refractivity contribution in [3.05, 3.63) is 36.5 Å². The van der Waals surface area contributed by atoms with Crippen LogP contribution in [-0.4, -0.2) is 47.4 Å². The average Bonchev–Trinajstić information content (AvgIpc) is 3.48. The van der Waals surface area contributed by atoms with Gasteiger partial charge in [-0.2, -0.15) is 0 Å². The van der Waals surface area contributed by atoms with Crippen molar-refractivity contribution < 1.29 is 24.5 Å². The Bertz CT molecular complexity index is 1330. The Balaban J connectivity index is 3.36. The van der Waals surface area contributed by atoms with Gasteiger partial charge in [0.2, 0.25) is 5.91 Å². The third-order valence-corrected chi connectivity index (χ3v) is 17.4. The second kappa shape index (κ2) is 71.6. The highest BCUT2D eigenvalue weighted by Gasteiger charge is 2.18. The maximum Gasteiger partial charge on any atom is 0.305 e. The van der Waals surface area contributed by atoms with Crippen LogP contribution in [0.3, 0.4) is 0 Å². The first-order valence-electron chi connectivity index (χ1n) is 37.3. The quantitative estimate of drug-likeness (QED) is 0.0320. The molecule has 6 nitrogen and oxygen atoms in total. The molecule has 0 fully saturated rings. The third-order valence-electron chi connectivity index (χ3n) is 17.4. The van der Waals surface area contributed by atoms with Gasteiger partial charge < -0.3 is 20.3 Å². The van der Waals surface area contributed by atoms with E-state index in [-0.39, 0.29) is 18.5 Å². The lowest BCUT2D eigenvalue weighted by molar-refractivity contribution is -0.143. The molecule has 2 atom stereocenters. The van der Waals surface area contributed by atoms with Crippen LogP contribution in [0.5, 0.6) is 0 Å². The molecule has 0 aliphatic rings. The van der Waals surface area contributed by atoms with Crippen LogP contribution in [0.4, 0.5) is 0 Å². The molecule has 0 aromatic carbocycles. The summed E-state index contributed by atoms with van der Waals surface area (Å²) in [6.45, 7) is 4.94. The van der Waals surface area contributed by atoms with Crippen molar-refractivity contribution in [2.75, 3.05) is 13.2 Å². The number of hydrogen-bond acceptors (Lipinski definition) is 5. The summed E-state index contributed by atoms with van der Waals surface area (Å²) in [5, 5.41) is 23.1. The Morgan fingerprint density at radius 1 is 0.341 bits per heavy atom. The summed E-state index contributed by atoms with van der Waals surface area (Å²) in [6.07, 6.45) is 92.5. The summed E-state index contributed by atoms with van der Waals surface area (Å²) in [5.41, 5.74) is 0. The van der Waals surface area contributed by atoms with Gasteiger partial charge in [-0.1, -0.05) is 371 Å². The van der Waals surface area contributed by atoms with Gasteiger partial charge in [-0.05, 0) is 64.2 Å². The first-order chi connectivity index (χ1) is 40.5. The van der Waals surface area contributed by atoms with Crippen LogP contribution in [0.15, 0.2) is 36.5 Å². The standard InChI is InChI=1S/C76H145NO5/c1-3-5-7-9-11-13-15-17-18-38-42-46-50-54-58-62-66-70-76(81)82-71-67-63-59-55-51-47-43-40-37-35-33-31-29-27-25-23-21-19-20-22-24-26-28-30-32-34-36-39-41-45-49-53-57-61-65-69-75(80)77-73(72-78)74(79)68-64-60-56-52-48-44-16-14-12-10-8-6-4-2/h21,23,27,29,64,68,73-74,78-79H,3-20,22,24-26,28,30-63,65-67,69-72H2,1-2H3,(H,77,80)/b23-21-,29-27-,68-64+. The van der Waals surface area contributed by atoms with Gasteiger partial charge in [-0.15, -0.1) is 0 Å². The Hall–Kier alpha value is -1.92. The summed E-state index contributed by atoms with van der Waals surface area (Å²) < 4.78 is 5.51. The summed E-state index contributed by atoms with van der Waals surface area (Å²) >= 11 is 0. The summed E-state index contributed by atoms with van der Waals surface area (Å²) in [6, 6.07) is -0.625. The van der Waals surface area contributed by atoms with Gasteiger partial charge in [0.05, 0.1) is 25.4 Å². The highest BCUT2D eigenvalue weighted by molar-refractivity contribution is 5.76. The molecule has 0 rings (SSSR count). The van der Waals surface area contributed by atoms with Crippen molar-refractivity contribution in [2.24, 2.45) is 0 Å². The number of rotatable bonds is 70. The van der Waals surface area contributed by atoms with Crippen molar-refractivity contribution in [3.63, 3.8) is 0 Å². The van der Waals surface area contributed by atoms with Gasteiger partial charge >= 0.3 is 5.97 Å². The van der Waals surface area contributed by atoms with E-state index in [9.17, 15) is 19.8 Å². The Morgan fingerprint density at radius 2 is 0.610 bits per heavy atom. The number of aliphatic hydroxyl groups excluding tert-OH is 2. The molecular weight excluding hydrogens is 1010 g/mol.